The van der Waals surface area contributed by atoms with E-state index in [0.717, 1.165) is 28.7 Å². The van der Waals surface area contributed by atoms with Gasteiger partial charge < -0.3 is 9.73 Å². The fraction of sp³-hybridized carbons (Fsp3) is 0.269. The number of nitrogens with one attached hydrogen (secondary N) is 1. The van der Waals surface area contributed by atoms with Crippen LogP contribution in [0.2, 0.25) is 0 Å². The summed E-state index contributed by atoms with van der Waals surface area (Å²) < 4.78 is 85.5. The second-order valence-corrected chi connectivity index (χ2v) is 11.1. The van der Waals surface area contributed by atoms with E-state index in [9.17, 15) is 30.8 Å². The lowest BCUT2D eigenvalue weighted by Crippen LogP contribution is -2.55. The van der Waals surface area contributed by atoms with Gasteiger partial charge in [0.1, 0.15) is 16.9 Å². The molecule has 4 heterocycles. The average molecular weight is 563 g/mol. The lowest BCUT2D eigenvalue weighted by molar-refractivity contribution is -0.137. The van der Waals surface area contributed by atoms with Crippen LogP contribution in [0.15, 0.2) is 70.4 Å². The Morgan fingerprint density at radius 3 is 2.64 bits per heavy atom. The molecule has 1 aromatic carbocycles. The zero-order valence-electron chi connectivity index (χ0n) is 20.5. The highest BCUT2D eigenvalue weighted by Crippen LogP contribution is 2.36. The van der Waals surface area contributed by atoms with Crippen molar-refractivity contribution in [1.29, 1.82) is 0 Å². The number of carbonyl (C=O) groups excluding carboxylic acids is 1. The fourth-order valence-electron chi connectivity index (χ4n) is 4.60. The van der Waals surface area contributed by atoms with E-state index in [1.165, 1.54) is 31.3 Å². The Labute approximate surface area is 220 Å². The Morgan fingerprint density at radius 1 is 1.13 bits per heavy atom. The number of sulfonamides is 1. The quantitative estimate of drug-likeness (QED) is 0.335. The van der Waals surface area contributed by atoms with E-state index < -0.39 is 39.0 Å². The largest absolute Gasteiger partial charge is 0.443 e. The molecular formula is C26H22F4N4O4S. The molecule has 204 valence electrons. The molecule has 1 saturated heterocycles. The van der Waals surface area contributed by atoms with E-state index in [2.05, 4.69) is 15.3 Å². The van der Waals surface area contributed by atoms with Gasteiger partial charge in [0.15, 0.2) is 0 Å². The van der Waals surface area contributed by atoms with Crippen LogP contribution >= 0.6 is 0 Å². The highest BCUT2D eigenvalue weighted by atomic mass is 32.2. The fourth-order valence-corrected chi connectivity index (χ4v) is 6.37. The summed E-state index contributed by atoms with van der Waals surface area (Å²) in [6, 6.07) is 10.2. The molecule has 1 aliphatic heterocycles. The number of nitrogens with zero attached hydrogens (tertiary/aromatic N) is 3. The van der Waals surface area contributed by atoms with E-state index in [-0.39, 0.29) is 35.6 Å². The Morgan fingerprint density at radius 2 is 1.92 bits per heavy atom. The Balaban J connectivity index is 1.32. The molecule has 1 atom stereocenters. The van der Waals surface area contributed by atoms with Crippen molar-refractivity contribution in [3.8, 4) is 11.3 Å². The van der Waals surface area contributed by atoms with Gasteiger partial charge in [-0.1, -0.05) is 0 Å². The van der Waals surface area contributed by atoms with Crippen LogP contribution in [0, 0.1) is 5.82 Å². The van der Waals surface area contributed by atoms with Crippen LogP contribution in [0.3, 0.4) is 0 Å². The second kappa shape index (κ2) is 9.72. The maximum absolute atomic E-state index is 13.6. The molecule has 0 unspecified atom stereocenters. The first-order valence-electron chi connectivity index (χ1n) is 11.9. The number of halogens is 4. The number of rotatable bonds is 6. The minimum absolute atomic E-state index is 0.0549. The Kier molecular flexibility index (Phi) is 6.67. The first kappa shape index (κ1) is 26.8. The molecule has 0 bridgehead atoms. The summed E-state index contributed by atoms with van der Waals surface area (Å²) in [6.07, 6.45) is -1.62. The van der Waals surface area contributed by atoms with Gasteiger partial charge in [0.25, 0.3) is 10.0 Å². The van der Waals surface area contributed by atoms with Gasteiger partial charge in [0.05, 0.1) is 23.5 Å². The minimum Gasteiger partial charge on any atom is -0.443 e. The first-order valence-corrected chi connectivity index (χ1v) is 13.3. The lowest BCUT2D eigenvalue weighted by Gasteiger charge is -2.32. The minimum atomic E-state index is -4.50. The standard InChI is InChI=1S/C26H22F4N4O4S/c1-25(8-2-10-34(25)39(36,37)23-13-17-11-19(27)4-6-22(17)38-23)24(35)33-15-20-12-16(7-9-31-20)21-5-3-18(14-32-21)26(28,29)30/h3-7,9,11-14H,2,8,10,15H2,1H3,(H,33,35)/t25-/m0/s1. The molecule has 39 heavy (non-hydrogen) atoms. The van der Waals surface area contributed by atoms with Crippen molar-refractivity contribution in [2.75, 3.05) is 6.54 Å². The summed E-state index contributed by atoms with van der Waals surface area (Å²) in [4.78, 5) is 21.4. The number of furan rings is 1. The van der Waals surface area contributed by atoms with Gasteiger partial charge in [-0.2, -0.15) is 17.5 Å². The predicted octanol–water partition coefficient (Wildman–Crippen LogP) is 4.91. The first-order chi connectivity index (χ1) is 18.4. The third-order valence-electron chi connectivity index (χ3n) is 6.70. The SMILES string of the molecule is C[C@@]1(C(=O)NCc2cc(-c3ccc(C(F)(F)F)cn3)ccn2)CCCN1S(=O)(=O)c1cc2cc(F)ccc2o1. The molecule has 3 aromatic heterocycles. The number of benzene rings is 1. The zero-order chi connectivity index (χ0) is 28.0. The number of hydrogen-bond acceptors (Lipinski definition) is 6. The van der Waals surface area contributed by atoms with E-state index >= 15 is 0 Å². The second-order valence-electron chi connectivity index (χ2n) is 9.35. The summed E-state index contributed by atoms with van der Waals surface area (Å²) in [5.41, 5.74) is -0.891. The molecule has 0 radical (unpaired) electrons. The summed E-state index contributed by atoms with van der Waals surface area (Å²) >= 11 is 0. The molecule has 5 rings (SSSR count). The summed E-state index contributed by atoms with van der Waals surface area (Å²) in [6.45, 7) is 1.55. The molecule has 0 spiro atoms. The van der Waals surface area contributed by atoms with Crippen LogP contribution < -0.4 is 5.32 Å². The van der Waals surface area contributed by atoms with Crippen LogP contribution in [-0.4, -0.2) is 40.7 Å². The third kappa shape index (κ3) is 5.11. The average Bonchev–Trinajstić information content (AvgIpc) is 3.52. The van der Waals surface area contributed by atoms with Crippen LogP contribution in [0.1, 0.15) is 31.0 Å². The lowest BCUT2D eigenvalue weighted by atomic mass is 9.99. The Bertz CT molecular complexity index is 1650. The maximum Gasteiger partial charge on any atom is 0.417 e. The summed E-state index contributed by atoms with van der Waals surface area (Å²) in [5.74, 6) is -1.09. The molecule has 4 aromatic rings. The highest BCUT2D eigenvalue weighted by molar-refractivity contribution is 7.89. The van der Waals surface area contributed by atoms with Gasteiger partial charge in [0, 0.05) is 36.0 Å². The summed E-state index contributed by atoms with van der Waals surface area (Å²) in [7, 11) is -4.23. The van der Waals surface area contributed by atoms with Crippen LogP contribution in [0.4, 0.5) is 17.6 Å². The number of pyridine rings is 2. The molecule has 13 heteroatoms. The van der Waals surface area contributed by atoms with Gasteiger partial charge >= 0.3 is 6.18 Å². The van der Waals surface area contributed by atoms with E-state index in [0.29, 0.717) is 23.4 Å². The third-order valence-corrected chi connectivity index (χ3v) is 8.57. The maximum atomic E-state index is 13.6. The number of alkyl halides is 3. The van der Waals surface area contributed by atoms with Gasteiger partial charge in [-0.15, -0.1) is 0 Å². The van der Waals surface area contributed by atoms with Gasteiger partial charge in [-0.05, 0) is 62.2 Å². The van der Waals surface area contributed by atoms with Crippen molar-refractivity contribution in [2.45, 2.75) is 43.1 Å². The highest BCUT2D eigenvalue weighted by Gasteiger charge is 2.50. The van der Waals surface area contributed by atoms with Crippen molar-refractivity contribution < 1.29 is 35.2 Å². The molecule has 0 aliphatic carbocycles. The molecule has 8 nitrogen and oxygen atoms in total. The van der Waals surface area contributed by atoms with Gasteiger partial charge in [0.2, 0.25) is 11.0 Å². The van der Waals surface area contributed by atoms with Crippen LogP contribution in [-0.2, 0) is 27.5 Å². The van der Waals surface area contributed by atoms with Crippen molar-refractivity contribution in [3.05, 3.63) is 78.0 Å². The monoisotopic (exact) mass is 562 g/mol. The normalized spacial score (nSPS) is 18.5. The van der Waals surface area contributed by atoms with E-state index in [4.69, 9.17) is 4.42 Å². The molecule has 1 aliphatic rings. The number of amides is 1. The van der Waals surface area contributed by atoms with Gasteiger partial charge in [-0.3, -0.25) is 14.8 Å². The zero-order valence-corrected chi connectivity index (χ0v) is 21.3. The molecule has 1 fully saturated rings. The predicted molar refractivity (Wildman–Crippen MR) is 132 cm³/mol. The Hall–Kier alpha value is -3.84. The summed E-state index contributed by atoms with van der Waals surface area (Å²) in [5, 5.41) is 2.62. The molecule has 0 saturated carbocycles. The van der Waals surface area contributed by atoms with Crippen molar-refractivity contribution in [2.24, 2.45) is 0 Å². The van der Waals surface area contributed by atoms with Crippen LogP contribution in [0.5, 0.6) is 0 Å². The van der Waals surface area contributed by atoms with Crippen LogP contribution in [0.25, 0.3) is 22.2 Å². The molecule has 1 N–H and O–H groups in total. The number of hydrogen-bond donors (Lipinski definition) is 1. The van der Waals surface area contributed by atoms with E-state index in [1.807, 2.05) is 0 Å². The van der Waals surface area contributed by atoms with Gasteiger partial charge in [-0.25, -0.2) is 12.8 Å². The number of fused-ring (bicyclic) bond motifs is 1. The number of carbonyl (C=O) groups is 1. The number of aromatic nitrogens is 2. The molecular weight excluding hydrogens is 540 g/mol. The van der Waals surface area contributed by atoms with Crippen molar-refractivity contribution in [3.63, 3.8) is 0 Å². The topological polar surface area (TPSA) is 105 Å². The van der Waals surface area contributed by atoms with Crippen molar-refractivity contribution >= 4 is 26.9 Å². The molecule has 1 amide bonds. The smallest absolute Gasteiger partial charge is 0.417 e. The van der Waals surface area contributed by atoms with Crippen molar-refractivity contribution in [1.82, 2.24) is 19.6 Å². The van der Waals surface area contributed by atoms with E-state index in [1.54, 1.807) is 12.1 Å².